The first-order valence-corrected chi connectivity index (χ1v) is 45.1. The number of aromatic nitrogens is 10. The molecule has 0 unspecified atom stereocenters. The lowest BCUT2D eigenvalue weighted by Crippen LogP contribution is -2.16. The number of nitrogens with zero attached hydrogens (tertiary/aromatic N) is 10. The zero-order valence-corrected chi connectivity index (χ0v) is 81.3. The Morgan fingerprint density at radius 3 is 1.08 bits per heavy atom. The van der Waals surface area contributed by atoms with Crippen LogP contribution in [-0.2, 0) is 0 Å². The molecule has 0 saturated carbocycles. The van der Waals surface area contributed by atoms with Gasteiger partial charge in [0.15, 0.2) is 0 Å². The molecule has 0 N–H and O–H groups in total. The highest BCUT2D eigenvalue weighted by atomic mass is 35.5. The fourth-order valence-electron chi connectivity index (χ4n) is 13.7. The predicted octanol–water partition coefficient (Wildman–Crippen LogP) is 26.7. The average molecular weight is 1910 g/mol. The van der Waals surface area contributed by atoms with Crippen LogP contribution in [0, 0.1) is 6.92 Å². The van der Waals surface area contributed by atoms with Gasteiger partial charge in [-0.1, -0.05) is 82.9 Å². The molecule has 10 aromatic heterocycles. The van der Waals surface area contributed by atoms with Crippen LogP contribution in [-0.4, -0.2) is 149 Å². The van der Waals surface area contributed by atoms with Gasteiger partial charge in [0.05, 0.1) is 126 Å². The maximum absolute atomic E-state index is 12.2. The second kappa shape index (κ2) is 46.0. The van der Waals surface area contributed by atoms with E-state index in [1.165, 1.54) is 31.4 Å². The minimum atomic E-state index is -4.72. The first-order chi connectivity index (χ1) is 64.6. The molecule has 0 aliphatic heterocycles. The third-order valence-electron chi connectivity index (χ3n) is 20.8. The van der Waals surface area contributed by atoms with Crippen molar-refractivity contribution in [2.45, 2.75) is 72.6 Å². The Balaban J connectivity index is 0.000000143. The zero-order chi connectivity index (χ0) is 96.0. The van der Waals surface area contributed by atoms with Crippen LogP contribution in [0.4, 0.5) is 13.2 Å². The Hall–Kier alpha value is -13.9. The number of hydrogen-bond donors (Lipinski definition) is 0. The van der Waals surface area contributed by atoms with Gasteiger partial charge in [-0.3, -0.25) is 0 Å². The van der Waals surface area contributed by atoms with Crippen molar-refractivity contribution in [3.63, 3.8) is 0 Å². The molecule has 0 aliphatic rings. The zero-order valence-electron chi connectivity index (χ0n) is 77.3. The summed E-state index contributed by atoms with van der Waals surface area (Å²) in [5.41, 5.74) is 9.40. The molecule has 24 nitrogen and oxygen atoms in total. The van der Waals surface area contributed by atoms with Crippen molar-refractivity contribution in [2.75, 3.05) is 92.4 Å². The Morgan fingerprint density at radius 1 is 0.299 bits per heavy atom. The number of pyridine rings is 7. The average Bonchev–Trinajstić information content (AvgIpc) is 1.52. The highest BCUT2D eigenvalue weighted by Crippen LogP contribution is 2.43. The number of rotatable bonds is 21. The molecule has 8 aromatic carbocycles. The quantitative estimate of drug-likeness (QED) is 0.0605. The lowest BCUT2D eigenvalue weighted by molar-refractivity contribution is -0.274. The first kappa shape index (κ1) is 99.1. The van der Waals surface area contributed by atoms with E-state index in [0.717, 1.165) is 159 Å². The van der Waals surface area contributed by atoms with Crippen molar-refractivity contribution in [1.82, 2.24) is 49.8 Å². The summed E-state index contributed by atoms with van der Waals surface area (Å²) in [5.74, 6) is 9.85. The van der Waals surface area contributed by atoms with Gasteiger partial charge >= 0.3 is 6.36 Å². The summed E-state index contributed by atoms with van der Waals surface area (Å²) in [5, 5.41) is 21.4. The number of ether oxygens (including phenoxy) is 14. The van der Waals surface area contributed by atoms with Crippen molar-refractivity contribution in [1.29, 1.82) is 0 Å². The third kappa shape index (κ3) is 24.1. The molecular formula is C102H99Cl2F3N10O14S3. The number of hydrogen-bond acceptors (Lipinski definition) is 27. The second-order valence-corrected chi connectivity index (χ2v) is 33.5. The van der Waals surface area contributed by atoms with Crippen molar-refractivity contribution < 1.29 is 79.5 Å². The number of halogens is 5. The smallest absolute Gasteiger partial charge is 0.497 e. The lowest BCUT2D eigenvalue weighted by atomic mass is 10.1. The standard InChI is InChI=1S/C18H14F3NO3.C18H20N2O2S.C17H17ClN2O2S.C17H18N2O2S.C11H10ClNO2.C11H11NO2.C10H9NO/c1-23-14-7-8-15-12(9-14)10-16(22-17(15)24-2)11-3-5-13(6-4-11)25-18(19,20)21;1-10(2)14-9-23-18(20-14)13-8-16(22-5)12-6-7-15(21-4)11(3)17(12)19-13;1-9(2)12-8-23-17(20-12)11-7-14(22-4)10-5-6-13(21-3)15(18)16(10)19-11;1-10(2)15-9-22-17(19-15)14-8-11-7-12(20-3)5-6-13(11)16(18-14)21-4;1-14-8-3-4-9-7(5-8)6-10(12)13-11(9)15-2;1-13-9-3-4-10-8(7-9)5-6-12-11(10)14-2;1-12-10-9-5-3-2-4-8(9)6-7-11-10/h3-10H,1-2H3;6-10H,1-5H3;5-9H,1-4H3;5-10H,1-4H3;3-6H,1-2H3;3-7H,1-2H3;2-7H,1H3. The van der Waals surface area contributed by atoms with Gasteiger partial charge in [-0.25, -0.2) is 49.8 Å². The highest BCUT2D eigenvalue weighted by Gasteiger charge is 2.31. The summed E-state index contributed by atoms with van der Waals surface area (Å²) in [6.07, 6.45) is -1.25. The van der Waals surface area contributed by atoms with E-state index in [0.29, 0.717) is 85.6 Å². The molecule has 0 radical (unpaired) electrons. The maximum atomic E-state index is 12.2. The maximum Gasteiger partial charge on any atom is 0.573 e. The molecule has 0 amide bonds. The van der Waals surface area contributed by atoms with E-state index in [4.69, 9.17) is 99.7 Å². The fourth-order valence-corrected chi connectivity index (χ4v) is 17.0. The number of benzene rings is 8. The Kier molecular flexibility index (Phi) is 34.0. The molecule has 32 heteroatoms. The van der Waals surface area contributed by atoms with Crippen LogP contribution in [0.15, 0.2) is 217 Å². The minimum Gasteiger partial charge on any atom is -0.497 e. The summed E-state index contributed by atoms with van der Waals surface area (Å²) >= 11 is 17.1. The van der Waals surface area contributed by atoms with Crippen molar-refractivity contribution >= 4 is 133 Å². The van der Waals surface area contributed by atoms with Crippen LogP contribution in [0.5, 0.6) is 81.1 Å². The molecule has 10 heterocycles. The van der Waals surface area contributed by atoms with Crippen molar-refractivity contribution in [3.8, 4) is 125 Å². The summed E-state index contributed by atoms with van der Waals surface area (Å²) < 4.78 is 109. The number of alkyl halides is 3. The fraction of sp³-hybridized carbons (Fsp3) is 0.235. The monoisotopic (exact) mass is 1910 g/mol. The number of aryl methyl sites for hydroxylation is 1. The molecule has 18 aromatic rings. The Bertz CT molecular complexity index is 6950. The van der Waals surface area contributed by atoms with Crippen LogP contribution in [0.25, 0.3) is 119 Å². The van der Waals surface area contributed by atoms with Crippen LogP contribution < -0.4 is 66.3 Å². The first-order valence-electron chi connectivity index (χ1n) is 41.7. The van der Waals surface area contributed by atoms with Gasteiger partial charge in [0.2, 0.25) is 29.4 Å². The van der Waals surface area contributed by atoms with E-state index in [-0.39, 0.29) is 5.75 Å². The van der Waals surface area contributed by atoms with E-state index < -0.39 is 6.36 Å². The molecule has 18 rings (SSSR count). The Morgan fingerprint density at radius 2 is 0.657 bits per heavy atom. The van der Waals surface area contributed by atoms with Gasteiger partial charge in [0, 0.05) is 89.5 Å². The molecule has 134 heavy (non-hydrogen) atoms. The van der Waals surface area contributed by atoms with E-state index in [1.54, 1.807) is 144 Å². The van der Waals surface area contributed by atoms with E-state index in [9.17, 15) is 13.2 Å². The van der Waals surface area contributed by atoms with Gasteiger partial charge in [0.25, 0.3) is 0 Å². The Labute approximate surface area is 795 Å². The second-order valence-electron chi connectivity index (χ2n) is 30.2. The molecule has 0 fully saturated rings. The van der Waals surface area contributed by atoms with Gasteiger partial charge < -0.3 is 66.3 Å². The van der Waals surface area contributed by atoms with E-state index in [2.05, 4.69) is 97.3 Å². The predicted molar refractivity (Wildman–Crippen MR) is 530 cm³/mol. The minimum absolute atomic E-state index is 0.286. The molecule has 0 atom stereocenters. The van der Waals surface area contributed by atoms with E-state index in [1.807, 2.05) is 159 Å². The summed E-state index contributed by atoms with van der Waals surface area (Å²) in [4.78, 5) is 44.9. The summed E-state index contributed by atoms with van der Waals surface area (Å²) in [7, 11) is 21.1. The van der Waals surface area contributed by atoms with Gasteiger partial charge in [-0.2, -0.15) is 0 Å². The summed E-state index contributed by atoms with van der Waals surface area (Å²) in [6.45, 7) is 14.8. The van der Waals surface area contributed by atoms with Crippen LogP contribution in [0.2, 0.25) is 10.2 Å². The number of methoxy groups -OCH3 is 13. The van der Waals surface area contributed by atoms with Gasteiger partial charge in [-0.15, -0.1) is 47.2 Å². The highest BCUT2D eigenvalue weighted by molar-refractivity contribution is 7.13. The topological polar surface area (TPSA) is 258 Å². The SMILES string of the molecule is COc1ccc2c(OC)cc(-c3nc(C(C)C)cs3)nc2c1C.COc1ccc2c(OC)cc(-c3nc(C(C)C)cs3)nc2c1Cl.COc1ccc2c(OC)nc(-c3ccc(OC(F)(F)F)cc3)cc2c1.COc1ccc2c(OC)nc(-c3nc(C(C)C)cs3)cc2c1.COc1ccc2c(OC)nc(Cl)cc2c1.COc1ccc2c(OC)nccc2c1.COc1nccc2ccccc12. The third-order valence-corrected chi connectivity index (χ3v) is 24.0. The van der Waals surface area contributed by atoms with Gasteiger partial charge in [-0.05, 0) is 209 Å². The van der Waals surface area contributed by atoms with Crippen LogP contribution in [0.3, 0.4) is 0 Å². The summed E-state index contributed by atoms with van der Waals surface area (Å²) in [6, 6.07) is 57.3. The molecule has 0 spiro atoms. The van der Waals surface area contributed by atoms with Crippen molar-refractivity contribution in [3.05, 3.63) is 249 Å². The largest absolute Gasteiger partial charge is 0.573 e. The number of fused-ring (bicyclic) bond motifs is 7. The molecule has 694 valence electrons. The molecule has 0 aliphatic carbocycles. The number of thiazole rings is 3. The van der Waals surface area contributed by atoms with E-state index >= 15 is 0 Å². The normalized spacial score (nSPS) is 10.9. The van der Waals surface area contributed by atoms with Crippen LogP contribution >= 0.6 is 57.2 Å². The van der Waals surface area contributed by atoms with Crippen molar-refractivity contribution in [2.24, 2.45) is 0 Å². The van der Waals surface area contributed by atoms with Gasteiger partial charge in [0.1, 0.15) is 94.0 Å². The lowest BCUT2D eigenvalue weighted by Gasteiger charge is -2.12. The molecule has 0 bridgehead atoms. The molecule has 0 saturated heterocycles. The van der Waals surface area contributed by atoms with Crippen LogP contribution in [0.1, 0.15) is 81.9 Å². The molecular weight excluding hydrogens is 1810 g/mol.